The number of fused-ring (bicyclic) bond motifs is 1. The zero-order valence-electron chi connectivity index (χ0n) is 19.7. The molecule has 0 saturated heterocycles. The molecule has 3 atom stereocenters. The zero-order valence-corrected chi connectivity index (χ0v) is 19.7. The molecule has 0 spiro atoms. The molecule has 0 amide bonds. The summed E-state index contributed by atoms with van der Waals surface area (Å²) in [6.07, 6.45) is 1.06. The Hall–Kier alpha value is -3.41. The molecule has 2 aliphatic heterocycles. The van der Waals surface area contributed by atoms with Gasteiger partial charge in [0.25, 0.3) is 0 Å². The van der Waals surface area contributed by atoms with Crippen molar-refractivity contribution in [3.8, 4) is 11.5 Å². The Morgan fingerprint density at radius 3 is 2.59 bits per heavy atom. The van der Waals surface area contributed by atoms with Crippen molar-refractivity contribution in [1.29, 1.82) is 0 Å². The summed E-state index contributed by atoms with van der Waals surface area (Å²) in [5, 5.41) is 0. The molecule has 0 N–H and O–H groups in total. The summed E-state index contributed by atoms with van der Waals surface area (Å²) in [6.45, 7) is 6.35. The quantitative estimate of drug-likeness (QED) is 0.576. The number of esters is 1. The molecule has 0 radical (unpaired) electrons. The maximum absolute atomic E-state index is 13.6. The van der Waals surface area contributed by atoms with E-state index in [1.54, 1.807) is 0 Å². The molecular formula is C28H29NO5. The molecule has 3 unspecified atom stereocenters. The minimum absolute atomic E-state index is 0.0377. The van der Waals surface area contributed by atoms with E-state index in [4.69, 9.17) is 19.2 Å². The Labute approximate surface area is 199 Å². The number of hydrogen-bond donors (Lipinski definition) is 0. The van der Waals surface area contributed by atoms with Crippen LogP contribution >= 0.6 is 0 Å². The predicted octanol–water partition coefficient (Wildman–Crippen LogP) is 5.19. The van der Waals surface area contributed by atoms with E-state index in [0.717, 1.165) is 16.8 Å². The molecular weight excluding hydrogens is 430 g/mol. The standard InChI is InChI=1S/C28H29NO5/c1-16(2)14-32-28(31)25-17(3)29-21-11-20(18-7-5-4-6-8-18)12-22(30)27(21)26(25)19-9-10-23-24(13-19)34-15-33-23/h4-10,13,16,20,25-26H,11-12,14-15H2,1-3H3. The van der Waals surface area contributed by atoms with Gasteiger partial charge in [0.05, 0.1) is 6.61 Å². The lowest BCUT2D eigenvalue weighted by Gasteiger charge is -2.36. The van der Waals surface area contributed by atoms with Crippen LogP contribution in [0.1, 0.15) is 56.6 Å². The van der Waals surface area contributed by atoms with Crippen LogP contribution in [0.25, 0.3) is 0 Å². The minimum Gasteiger partial charge on any atom is -0.465 e. The number of benzene rings is 2. The summed E-state index contributed by atoms with van der Waals surface area (Å²) in [5.41, 5.74) is 4.05. The molecule has 6 nitrogen and oxygen atoms in total. The van der Waals surface area contributed by atoms with Gasteiger partial charge in [-0.15, -0.1) is 0 Å². The molecule has 176 valence electrons. The van der Waals surface area contributed by atoms with E-state index in [2.05, 4.69) is 12.1 Å². The lowest BCUT2D eigenvalue weighted by Crippen LogP contribution is -2.38. The highest BCUT2D eigenvalue weighted by atomic mass is 16.7. The van der Waals surface area contributed by atoms with Crippen LogP contribution in [-0.4, -0.2) is 30.9 Å². The predicted molar refractivity (Wildman–Crippen MR) is 128 cm³/mol. The summed E-state index contributed by atoms with van der Waals surface area (Å²) in [5.74, 6) is 0.146. The second-order valence-electron chi connectivity index (χ2n) is 9.64. The average Bonchev–Trinajstić information content (AvgIpc) is 3.30. The fourth-order valence-corrected chi connectivity index (χ4v) is 5.13. The van der Waals surface area contributed by atoms with E-state index in [-0.39, 0.29) is 30.4 Å². The van der Waals surface area contributed by atoms with E-state index < -0.39 is 11.8 Å². The smallest absolute Gasteiger partial charge is 0.315 e. The number of carbonyl (C=O) groups excluding carboxylic acids is 2. The highest BCUT2D eigenvalue weighted by Crippen LogP contribution is 2.48. The van der Waals surface area contributed by atoms with Crippen molar-refractivity contribution >= 4 is 17.5 Å². The van der Waals surface area contributed by atoms with Gasteiger partial charge in [0.2, 0.25) is 6.79 Å². The first-order chi connectivity index (χ1) is 16.4. The average molecular weight is 460 g/mol. The van der Waals surface area contributed by atoms with Crippen LogP contribution in [0.15, 0.2) is 64.8 Å². The Morgan fingerprint density at radius 1 is 1.06 bits per heavy atom. The Balaban J connectivity index is 1.57. The third kappa shape index (κ3) is 4.13. The van der Waals surface area contributed by atoms with E-state index in [0.29, 0.717) is 42.2 Å². The van der Waals surface area contributed by atoms with Crippen molar-refractivity contribution in [2.24, 2.45) is 16.8 Å². The normalized spacial score (nSPS) is 23.6. The topological polar surface area (TPSA) is 74.2 Å². The van der Waals surface area contributed by atoms with Gasteiger partial charge in [0, 0.05) is 29.3 Å². The van der Waals surface area contributed by atoms with Crippen molar-refractivity contribution in [1.82, 2.24) is 0 Å². The van der Waals surface area contributed by atoms with Crippen LogP contribution in [-0.2, 0) is 14.3 Å². The molecule has 5 rings (SSSR count). The fourth-order valence-electron chi connectivity index (χ4n) is 5.13. The zero-order chi connectivity index (χ0) is 23.8. The molecule has 2 heterocycles. The number of ether oxygens (including phenoxy) is 3. The molecule has 0 fully saturated rings. The van der Waals surface area contributed by atoms with Gasteiger partial charge in [0.1, 0.15) is 5.92 Å². The maximum Gasteiger partial charge on any atom is 0.315 e. The van der Waals surface area contributed by atoms with Crippen LogP contribution in [0.2, 0.25) is 0 Å². The third-order valence-electron chi connectivity index (χ3n) is 6.73. The highest BCUT2D eigenvalue weighted by Gasteiger charge is 2.45. The molecule has 0 saturated carbocycles. The minimum atomic E-state index is -0.657. The summed E-state index contributed by atoms with van der Waals surface area (Å²) < 4.78 is 16.7. The summed E-state index contributed by atoms with van der Waals surface area (Å²) in [7, 11) is 0. The Kier molecular flexibility index (Phi) is 5.98. The Morgan fingerprint density at radius 2 is 1.82 bits per heavy atom. The van der Waals surface area contributed by atoms with Gasteiger partial charge in [-0.05, 0) is 48.4 Å². The lowest BCUT2D eigenvalue weighted by molar-refractivity contribution is -0.147. The van der Waals surface area contributed by atoms with Crippen LogP contribution in [0.5, 0.6) is 11.5 Å². The summed E-state index contributed by atoms with van der Waals surface area (Å²) in [4.78, 5) is 31.8. The first-order valence-electron chi connectivity index (χ1n) is 11.8. The van der Waals surface area contributed by atoms with Crippen molar-refractivity contribution in [2.45, 2.75) is 45.4 Å². The van der Waals surface area contributed by atoms with Gasteiger partial charge in [-0.3, -0.25) is 14.6 Å². The molecule has 3 aliphatic rings. The number of carbonyl (C=O) groups is 2. The molecule has 0 bridgehead atoms. The SMILES string of the molecule is CC1=NC2=C(C(=O)CC(c3ccccc3)C2)C(c2ccc3c(c2)OCO3)C1C(=O)OCC(C)C. The van der Waals surface area contributed by atoms with Crippen LogP contribution in [0, 0.1) is 11.8 Å². The Bertz CT molecular complexity index is 1180. The van der Waals surface area contributed by atoms with Gasteiger partial charge < -0.3 is 14.2 Å². The van der Waals surface area contributed by atoms with Gasteiger partial charge in [0.15, 0.2) is 17.3 Å². The second kappa shape index (κ2) is 9.09. The third-order valence-corrected chi connectivity index (χ3v) is 6.73. The molecule has 2 aromatic carbocycles. The number of aliphatic imine (C=N–C) groups is 1. The van der Waals surface area contributed by atoms with Crippen molar-refractivity contribution in [2.75, 3.05) is 13.4 Å². The monoisotopic (exact) mass is 459 g/mol. The lowest BCUT2D eigenvalue weighted by atomic mass is 9.69. The molecule has 6 heteroatoms. The first-order valence-corrected chi connectivity index (χ1v) is 11.8. The van der Waals surface area contributed by atoms with Gasteiger partial charge in [-0.25, -0.2) is 0 Å². The molecule has 34 heavy (non-hydrogen) atoms. The van der Waals surface area contributed by atoms with Crippen LogP contribution < -0.4 is 9.47 Å². The van der Waals surface area contributed by atoms with E-state index in [9.17, 15) is 9.59 Å². The number of rotatable bonds is 5. The van der Waals surface area contributed by atoms with Crippen molar-refractivity contribution in [3.05, 3.63) is 70.9 Å². The van der Waals surface area contributed by atoms with E-state index in [1.165, 1.54) is 0 Å². The number of hydrogen-bond acceptors (Lipinski definition) is 6. The van der Waals surface area contributed by atoms with Crippen molar-refractivity contribution in [3.63, 3.8) is 0 Å². The van der Waals surface area contributed by atoms with Gasteiger partial charge >= 0.3 is 5.97 Å². The molecule has 0 aromatic heterocycles. The van der Waals surface area contributed by atoms with E-state index >= 15 is 0 Å². The van der Waals surface area contributed by atoms with Gasteiger partial charge in [-0.1, -0.05) is 50.2 Å². The molecule has 1 aliphatic carbocycles. The fraction of sp³-hybridized carbons (Fsp3) is 0.393. The number of ketones is 1. The van der Waals surface area contributed by atoms with Crippen LogP contribution in [0.3, 0.4) is 0 Å². The number of nitrogens with zero attached hydrogens (tertiary/aromatic N) is 1. The highest BCUT2D eigenvalue weighted by molar-refractivity contribution is 6.09. The summed E-state index contributed by atoms with van der Waals surface area (Å²) >= 11 is 0. The van der Waals surface area contributed by atoms with Crippen molar-refractivity contribution < 1.29 is 23.8 Å². The van der Waals surface area contributed by atoms with Gasteiger partial charge in [-0.2, -0.15) is 0 Å². The number of Topliss-reactive ketones (excluding diaryl/α,β-unsaturated/α-hetero) is 1. The van der Waals surface area contributed by atoms with E-state index in [1.807, 2.05) is 57.2 Å². The first kappa shape index (κ1) is 22.4. The molecule has 2 aromatic rings. The summed E-state index contributed by atoms with van der Waals surface area (Å²) in [6, 6.07) is 15.7. The largest absolute Gasteiger partial charge is 0.465 e. The second-order valence-corrected chi connectivity index (χ2v) is 9.64. The maximum atomic E-state index is 13.6. The number of allylic oxidation sites excluding steroid dienone is 2. The van der Waals surface area contributed by atoms with Crippen LogP contribution in [0.4, 0.5) is 0 Å².